The Morgan fingerprint density at radius 2 is 1.78 bits per heavy atom. The average molecular weight is 459 g/mol. The predicted molar refractivity (Wildman–Crippen MR) is 123 cm³/mol. The van der Waals surface area contributed by atoms with E-state index < -0.39 is 10.0 Å². The summed E-state index contributed by atoms with van der Waals surface area (Å²) in [6, 6.07) is 12.4. The maximum absolute atomic E-state index is 13.7. The molecular formula is C24H30N2O5S. The molecule has 8 heteroatoms. The van der Waals surface area contributed by atoms with Gasteiger partial charge in [-0.05, 0) is 74.6 Å². The second kappa shape index (κ2) is 9.21. The molecule has 32 heavy (non-hydrogen) atoms. The molecule has 0 N–H and O–H groups in total. The van der Waals surface area contributed by atoms with Crippen molar-refractivity contribution < 1.29 is 22.7 Å². The van der Waals surface area contributed by atoms with Gasteiger partial charge in [0.25, 0.3) is 5.91 Å². The Hall–Kier alpha value is -2.42. The number of nitrogens with zero attached hydrogens (tertiary/aromatic N) is 2. The Kier molecular flexibility index (Phi) is 6.55. The van der Waals surface area contributed by atoms with Crippen molar-refractivity contribution in [3.05, 3.63) is 53.6 Å². The van der Waals surface area contributed by atoms with Crippen molar-refractivity contribution >= 4 is 21.6 Å². The highest BCUT2D eigenvalue weighted by Crippen LogP contribution is 2.38. The number of methoxy groups -OCH3 is 1. The summed E-state index contributed by atoms with van der Waals surface area (Å²) in [7, 11) is -2.10. The maximum atomic E-state index is 13.7. The van der Waals surface area contributed by atoms with Gasteiger partial charge in [-0.2, -0.15) is 4.31 Å². The minimum absolute atomic E-state index is 0.0106. The summed E-state index contributed by atoms with van der Waals surface area (Å²) in [5.74, 6) is 0.963. The SMILES string of the molecule is COc1ccc(N(C(=O)c2ccc(C)c(S(=O)(=O)N3CCOCC3)c2)C(C)C2CC2)cc1. The van der Waals surface area contributed by atoms with Crippen LogP contribution in [-0.4, -0.2) is 58.1 Å². The molecule has 172 valence electrons. The highest BCUT2D eigenvalue weighted by molar-refractivity contribution is 7.89. The van der Waals surface area contributed by atoms with Gasteiger partial charge in [-0.3, -0.25) is 4.79 Å². The summed E-state index contributed by atoms with van der Waals surface area (Å²) in [6.45, 7) is 5.20. The third-order valence-electron chi connectivity index (χ3n) is 6.30. The topological polar surface area (TPSA) is 76.2 Å². The number of sulfonamides is 1. The van der Waals surface area contributed by atoms with Gasteiger partial charge in [-0.15, -0.1) is 0 Å². The first-order chi connectivity index (χ1) is 15.3. The minimum Gasteiger partial charge on any atom is -0.497 e. The fourth-order valence-corrected chi connectivity index (χ4v) is 5.80. The highest BCUT2D eigenvalue weighted by Gasteiger charge is 2.36. The number of aryl methyl sites for hydroxylation is 1. The number of hydrogen-bond acceptors (Lipinski definition) is 5. The van der Waals surface area contributed by atoms with Gasteiger partial charge in [-0.25, -0.2) is 8.42 Å². The number of morpholine rings is 1. The van der Waals surface area contributed by atoms with Crippen LogP contribution in [0.4, 0.5) is 5.69 Å². The van der Waals surface area contributed by atoms with Crippen molar-refractivity contribution in [3.63, 3.8) is 0 Å². The molecule has 1 heterocycles. The van der Waals surface area contributed by atoms with E-state index in [2.05, 4.69) is 6.92 Å². The number of ether oxygens (including phenoxy) is 2. The van der Waals surface area contributed by atoms with Gasteiger partial charge < -0.3 is 14.4 Å². The van der Waals surface area contributed by atoms with Crippen LogP contribution in [-0.2, 0) is 14.8 Å². The molecule has 1 saturated heterocycles. The first kappa shape index (κ1) is 22.8. The zero-order valence-electron chi connectivity index (χ0n) is 18.8. The minimum atomic E-state index is -3.71. The maximum Gasteiger partial charge on any atom is 0.258 e. The number of rotatable bonds is 7. The number of carbonyl (C=O) groups excluding carboxylic acids is 1. The Morgan fingerprint density at radius 1 is 1.12 bits per heavy atom. The smallest absolute Gasteiger partial charge is 0.258 e. The summed E-state index contributed by atoms with van der Waals surface area (Å²) in [5, 5.41) is 0. The lowest BCUT2D eigenvalue weighted by Gasteiger charge is -2.30. The van der Waals surface area contributed by atoms with E-state index in [-0.39, 0.29) is 16.8 Å². The van der Waals surface area contributed by atoms with Crippen LogP contribution in [0.15, 0.2) is 47.4 Å². The third kappa shape index (κ3) is 4.53. The summed E-state index contributed by atoms with van der Waals surface area (Å²) in [5.41, 5.74) is 1.76. The molecule has 2 fully saturated rings. The van der Waals surface area contributed by atoms with E-state index >= 15 is 0 Å². The lowest BCUT2D eigenvalue weighted by Crippen LogP contribution is -2.41. The number of hydrogen-bond donors (Lipinski definition) is 0. The fraction of sp³-hybridized carbons (Fsp3) is 0.458. The molecular weight excluding hydrogens is 428 g/mol. The zero-order valence-corrected chi connectivity index (χ0v) is 19.6. The summed E-state index contributed by atoms with van der Waals surface area (Å²) >= 11 is 0. The van der Waals surface area contributed by atoms with Gasteiger partial charge in [0.1, 0.15) is 5.75 Å². The number of amides is 1. The van der Waals surface area contributed by atoms with Crippen LogP contribution in [0.5, 0.6) is 5.75 Å². The Bertz CT molecular complexity index is 1070. The molecule has 1 aliphatic carbocycles. The van der Waals surface area contributed by atoms with Crippen molar-refractivity contribution in [1.29, 1.82) is 0 Å². The van der Waals surface area contributed by atoms with Crippen molar-refractivity contribution in [2.45, 2.75) is 37.6 Å². The van der Waals surface area contributed by atoms with Crippen LogP contribution in [0.3, 0.4) is 0 Å². The largest absolute Gasteiger partial charge is 0.497 e. The number of benzene rings is 2. The van der Waals surface area contributed by atoms with Gasteiger partial charge in [-0.1, -0.05) is 6.07 Å². The lowest BCUT2D eigenvalue weighted by molar-refractivity contribution is 0.0730. The highest BCUT2D eigenvalue weighted by atomic mass is 32.2. The van der Waals surface area contributed by atoms with E-state index in [9.17, 15) is 13.2 Å². The van der Waals surface area contributed by atoms with Gasteiger partial charge in [0.05, 0.1) is 25.2 Å². The van der Waals surface area contributed by atoms with Crippen LogP contribution in [0, 0.1) is 12.8 Å². The molecule has 1 amide bonds. The number of carbonyl (C=O) groups is 1. The van der Waals surface area contributed by atoms with Crippen molar-refractivity contribution in [1.82, 2.24) is 4.31 Å². The van der Waals surface area contributed by atoms with Crippen LogP contribution in [0.25, 0.3) is 0 Å². The van der Waals surface area contributed by atoms with Crippen LogP contribution in [0.2, 0.25) is 0 Å². The molecule has 0 radical (unpaired) electrons. The summed E-state index contributed by atoms with van der Waals surface area (Å²) < 4.78 is 38.5. The molecule has 4 rings (SSSR count). The Balaban J connectivity index is 1.70. The normalized spacial score (nSPS) is 18.2. The molecule has 7 nitrogen and oxygen atoms in total. The first-order valence-electron chi connectivity index (χ1n) is 11.0. The van der Waals surface area contributed by atoms with Gasteiger partial charge in [0.2, 0.25) is 10.0 Å². The zero-order chi connectivity index (χ0) is 22.9. The second-order valence-corrected chi connectivity index (χ2v) is 10.4. The van der Waals surface area contributed by atoms with E-state index in [1.165, 1.54) is 10.4 Å². The van der Waals surface area contributed by atoms with Gasteiger partial charge >= 0.3 is 0 Å². The molecule has 1 unspecified atom stereocenters. The molecule has 1 aliphatic heterocycles. The lowest BCUT2D eigenvalue weighted by atomic mass is 10.1. The van der Waals surface area contributed by atoms with Crippen LogP contribution in [0.1, 0.15) is 35.7 Å². The summed E-state index contributed by atoms with van der Waals surface area (Å²) in [6.07, 6.45) is 2.18. The third-order valence-corrected chi connectivity index (χ3v) is 8.34. The molecule has 0 aromatic heterocycles. The molecule has 0 bridgehead atoms. The standard InChI is InChI=1S/C24H30N2O5S/c1-17-4-5-20(16-23(17)32(28,29)25-12-14-31-15-13-25)24(27)26(18(2)19-6-7-19)21-8-10-22(30-3)11-9-21/h4-5,8-11,16,18-19H,6-7,12-15H2,1-3H3. The first-order valence-corrected chi connectivity index (χ1v) is 12.4. The average Bonchev–Trinajstić information content (AvgIpc) is 3.66. The number of anilines is 1. The predicted octanol–water partition coefficient (Wildman–Crippen LogP) is 3.47. The van der Waals surface area contributed by atoms with E-state index in [1.807, 2.05) is 24.3 Å². The monoisotopic (exact) mass is 458 g/mol. The van der Waals surface area contributed by atoms with Gasteiger partial charge in [0, 0.05) is 30.4 Å². The Morgan fingerprint density at radius 3 is 2.38 bits per heavy atom. The van der Waals surface area contributed by atoms with E-state index in [4.69, 9.17) is 9.47 Å². The van der Waals surface area contributed by atoms with Crippen LogP contribution < -0.4 is 9.64 Å². The molecule has 0 spiro atoms. The van der Waals surface area contributed by atoms with Crippen molar-refractivity contribution in [3.8, 4) is 5.75 Å². The molecule has 1 saturated carbocycles. The van der Waals surface area contributed by atoms with Crippen molar-refractivity contribution in [2.24, 2.45) is 5.92 Å². The van der Waals surface area contributed by atoms with E-state index in [0.29, 0.717) is 43.3 Å². The summed E-state index contributed by atoms with van der Waals surface area (Å²) in [4.78, 5) is 15.7. The molecule has 2 aliphatic rings. The fourth-order valence-electron chi connectivity index (χ4n) is 4.15. The van der Waals surface area contributed by atoms with E-state index in [0.717, 1.165) is 24.3 Å². The Labute approximate surface area is 190 Å². The van der Waals surface area contributed by atoms with Crippen molar-refractivity contribution in [2.75, 3.05) is 38.3 Å². The van der Waals surface area contributed by atoms with Crippen LogP contribution >= 0.6 is 0 Å². The van der Waals surface area contributed by atoms with Gasteiger partial charge in [0.15, 0.2) is 0 Å². The van der Waals surface area contributed by atoms with E-state index in [1.54, 1.807) is 31.1 Å². The molecule has 1 atom stereocenters. The molecule has 2 aromatic carbocycles. The quantitative estimate of drug-likeness (QED) is 0.635. The molecule has 2 aromatic rings. The second-order valence-electron chi connectivity index (χ2n) is 8.45.